The summed E-state index contributed by atoms with van der Waals surface area (Å²) in [6, 6.07) is 11.8. The zero-order valence-corrected chi connectivity index (χ0v) is 13.7. The van der Waals surface area contributed by atoms with Crippen molar-refractivity contribution in [3.63, 3.8) is 0 Å². The quantitative estimate of drug-likeness (QED) is 0.788. The Morgan fingerprint density at radius 2 is 1.79 bits per heavy atom. The molecule has 1 heterocycles. The van der Waals surface area contributed by atoms with E-state index in [0.717, 1.165) is 40.7 Å². The summed E-state index contributed by atoms with van der Waals surface area (Å²) in [6.07, 6.45) is 1.73. The largest absolute Gasteiger partial charge is 0.350 e. The van der Waals surface area contributed by atoms with Crippen molar-refractivity contribution in [1.82, 2.24) is 9.29 Å². The van der Waals surface area contributed by atoms with E-state index in [9.17, 15) is 17.6 Å². The number of amides is 1. The van der Waals surface area contributed by atoms with Crippen molar-refractivity contribution < 1.29 is 17.6 Å². The number of fused-ring (bicyclic) bond motifs is 1. The van der Waals surface area contributed by atoms with E-state index >= 15 is 0 Å². The van der Waals surface area contributed by atoms with Crippen LogP contribution in [0.25, 0.3) is 10.9 Å². The molecule has 3 aromatic rings. The highest BCUT2D eigenvalue weighted by molar-refractivity contribution is 7.90. The molecule has 0 aliphatic rings. The molecule has 0 radical (unpaired) electrons. The number of aromatic nitrogens is 1. The van der Waals surface area contributed by atoms with E-state index < -0.39 is 21.7 Å². The molecular formula is C17H15FN2O3S. The highest BCUT2D eigenvalue weighted by atomic mass is 32.2. The molecule has 0 saturated carbocycles. The van der Waals surface area contributed by atoms with Crippen LogP contribution in [0.1, 0.15) is 5.56 Å². The number of sulfonamides is 1. The van der Waals surface area contributed by atoms with Crippen LogP contribution in [0.2, 0.25) is 0 Å². The van der Waals surface area contributed by atoms with Crippen molar-refractivity contribution in [2.24, 2.45) is 7.05 Å². The Bertz CT molecular complexity index is 1010. The third kappa shape index (κ3) is 3.16. The number of nitrogens with one attached hydrogen (secondary N) is 1. The maximum atomic E-state index is 12.9. The van der Waals surface area contributed by atoms with Crippen LogP contribution in [0, 0.1) is 5.82 Å². The Hall–Kier alpha value is -2.67. The van der Waals surface area contributed by atoms with Gasteiger partial charge in [0.25, 0.3) is 10.0 Å². The lowest BCUT2D eigenvalue weighted by Gasteiger charge is -2.06. The summed E-state index contributed by atoms with van der Waals surface area (Å²) in [7, 11) is -2.16. The van der Waals surface area contributed by atoms with E-state index in [1.807, 2.05) is 40.6 Å². The summed E-state index contributed by atoms with van der Waals surface area (Å²) in [4.78, 5) is 12.0. The summed E-state index contributed by atoms with van der Waals surface area (Å²) >= 11 is 0. The summed E-state index contributed by atoms with van der Waals surface area (Å²) in [6.45, 7) is 0. The number of carbonyl (C=O) groups is 1. The number of rotatable bonds is 4. The first kappa shape index (κ1) is 16.2. The van der Waals surface area contributed by atoms with Gasteiger partial charge in [-0.15, -0.1) is 0 Å². The minimum Gasteiger partial charge on any atom is -0.350 e. The van der Waals surface area contributed by atoms with Crippen LogP contribution in [0.3, 0.4) is 0 Å². The average Bonchev–Trinajstić information content (AvgIpc) is 2.84. The number of hydrogen-bond donors (Lipinski definition) is 1. The number of carbonyl (C=O) groups excluding carboxylic acids is 1. The molecule has 0 aliphatic heterocycles. The van der Waals surface area contributed by atoms with Gasteiger partial charge in [0, 0.05) is 24.1 Å². The first-order valence-corrected chi connectivity index (χ1v) is 8.69. The van der Waals surface area contributed by atoms with E-state index in [-0.39, 0.29) is 11.3 Å². The molecule has 24 heavy (non-hydrogen) atoms. The fourth-order valence-corrected chi connectivity index (χ4v) is 3.58. The van der Waals surface area contributed by atoms with E-state index in [0.29, 0.717) is 0 Å². The van der Waals surface area contributed by atoms with E-state index in [2.05, 4.69) is 0 Å². The Morgan fingerprint density at radius 3 is 2.50 bits per heavy atom. The number of para-hydroxylation sites is 1. The van der Waals surface area contributed by atoms with Gasteiger partial charge in [0.05, 0.1) is 11.3 Å². The highest BCUT2D eigenvalue weighted by Crippen LogP contribution is 2.21. The standard InChI is InChI=1S/C17H15FN2O3S/c1-20-11-12(15-4-2-3-5-16(15)20)10-17(21)19-24(22,23)14-8-6-13(18)7-9-14/h2-9,11H,10H2,1H3,(H,19,21). The SMILES string of the molecule is Cn1cc(CC(=O)NS(=O)(=O)c2ccc(F)cc2)c2ccccc21. The number of nitrogens with zero attached hydrogens (tertiary/aromatic N) is 1. The van der Waals surface area contributed by atoms with Crippen molar-refractivity contribution in [3.05, 3.63) is 66.1 Å². The second-order valence-corrected chi connectivity index (χ2v) is 7.12. The predicted octanol–water partition coefficient (Wildman–Crippen LogP) is 2.37. The predicted molar refractivity (Wildman–Crippen MR) is 88.4 cm³/mol. The monoisotopic (exact) mass is 346 g/mol. The minimum absolute atomic E-state index is 0.0677. The molecule has 0 fully saturated rings. The summed E-state index contributed by atoms with van der Waals surface area (Å²) in [5.74, 6) is -1.19. The molecule has 2 aromatic carbocycles. The van der Waals surface area contributed by atoms with Crippen molar-refractivity contribution >= 4 is 26.8 Å². The highest BCUT2D eigenvalue weighted by Gasteiger charge is 2.19. The van der Waals surface area contributed by atoms with Gasteiger partial charge in [0.2, 0.25) is 5.91 Å². The molecular weight excluding hydrogens is 331 g/mol. The zero-order valence-electron chi connectivity index (χ0n) is 12.9. The van der Waals surface area contributed by atoms with Crippen molar-refractivity contribution in [2.45, 2.75) is 11.3 Å². The van der Waals surface area contributed by atoms with Gasteiger partial charge in [-0.1, -0.05) is 18.2 Å². The molecule has 0 aliphatic carbocycles. The maximum absolute atomic E-state index is 12.9. The number of halogens is 1. The molecule has 1 amide bonds. The molecule has 124 valence electrons. The van der Waals surface area contributed by atoms with Crippen LogP contribution >= 0.6 is 0 Å². The third-order valence-electron chi connectivity index (χ3n) is 3.70. The second-order valence-electron chi connectivity index (χ2n) is 5.44. The fraction of sp³-hybridized carbons (Fsp3) is 0.118. The summed E-state index contributed by atoms with van der Waals surface area (Å²) in [5, 5.41) is 0.898. The molecule has 0 saturated heterocycles. The van der Waals surface area contributed by atoms with Gasteiger partial charge in [0.15, 0.2) is 0 Å². The number of hydrogen-bond acceptors (Lipinski definition) is 3. The van der Waals surface area contributed by atoms with Crippen molar-refractivity contribution in [2.75, 3.05) is 0 Å². The van der Waals surface area contributed by atoms with Gasteiger partial charge in [-0.05, 0) is 35.9 Å². The van der Waals surface area contributed by atoms with Crippen LogP contribution in [-0.2, 0) is 28.3 Å². The van der Waals surface area contributed by atoms with Crippen molar-refractivity contribution in [1.29, 1.82) is 0 Å². The van der Waals surface area contributed by atoms with E-state index in [4.69, 9.17) is 0 Å². The smallest absolute Gasteiger partial charge is 0.264 e. The molecule has 0 atom stereocenters. The average molecular weight is 346 g/mol. The molecule has 0 bridgehead atoms. The molecule has 7 heteroatoms. The molecule has 0 spiro atoms. The molecule has 3 rings (SSSR count). The lowest BCUT2D eigenvalue weighted by molar-refractivity contribution is -0.118. The Morgan fingerprint density at radius 1 is 1.12 bits per heavy atom. The van der Waals surface area contributed by atoms with E-state index in [1.54, 1.807) is 6.20 Å². The topological polar surface area (TPSA) is 68.2 Å². The van der Waals surface area contributed by atoms with Crippen LogP contribution in [0.5, 0.6) is 0 Å². The van der Waals surface area contributed by atoms with Crippen molar-refractivity contribution in [3.8, 4) is 0 Å². The lowest BCUT2D eigenvalue weighted by Crippen LogP contribution is -2.31. The first-order valence-electron chi connectivity index (χ1n) is 7.21. The Labute approximate surface area is 138 Å². The second kappa shape index (κ2) is 6.09. The van der Waals surface area contributed by atoms with Gasteiger partial charge in [-0.3, -0.25) is 4.79 Å². The van der Waals surface area contributed by atoms with Gasteiger partial charge in [-0.25, -0.2) is 17.5 Å². The molecule has 5 nitrogen and oxygen atoms in total. The third-order valence-corrected chi connectivity index (χ3v) is 5.09. The van der Waals surface area contributed by atoms with Gasteiger partial charge in [0.1, 0.15) is 5.82 Å². The number of aryl methyl sites for hydroxylation is 1. The normalized spacial score (nSPS) is 11.6. The first-order chi connectivity index (χ1) is 11.4. The van der Waals surface area contributed by atoms with Crippen LogP contribution < -0.4 is 4.72 Å². The van der Waals surface area contributed by atoms with Gasteiger partial charge < -0.3 is 4.57 Å². The molecule has 0 unspecified atom stereocenters. The van der Waals surface area contributed by atoms with Crippen LogP contribution in [0.4, 0.5) is 4.39 Å². The molecule has 1 aromatic heterocycles. The van der Waals surface area contributed by atoms with Gasteiger partial charge in [-0.2, -0.15) is 0 Å². The van der Waals surface area contributed by atoms with Crippen LogP contribution in [-0.4, -0.2) is 18.9 Å². The maximum Gasteiger partial charge on any atom is 0.264 e. The summed E-state index contributed by atoms with van der Waals surface area (Å²) in [5.41, 5.74) is 1.70. The lowest BCUT2D eigenvalue weighted by atomic mass is 10.1. The number of benzene rings is 2. The van der Waals surface area contributed by atoms with E-state index in [1.165, 1.54) is 0 Å². The molecule has 1 N–H and O–H groups in total. The zero-order chi connectivity index (χ0) is 17.3. The minimum atomic E-state index is -4.02. The Balaban J connectivity index is 1.81. The summed E-state index contributed by atoms with van der Waals surface area (Å²) < 4.78 is 41.1. The van der Waals surface area contributed by atoms with Gasteiger partial charge >= 0.3 is 0 Å². The fourth-order valence-electron chi connectivity index (χ4n) is 2.60. The van der Waals surface area contributed by atoms with Crippen LogP contribution in [0.15, 0.2) is 59.6 Å². The Kier molecular flexibility index (Phi) is 4.11.